The zero-order valence-electron chi connectivity index (χ0n) is 9.85. The second-order valence-corrected chi connectivity index (χ2v) is 4.55. The lowest BCUT2D eigenvalue weighted by Gasteiger charge is -2.05. The number of rotatable bonds is 0. The van der Waals surface area contributed by atoms with Gasteiger partial charge in [-0.1, -0.05) is 42.5 Å². The lowest BCUT2D eigenvalue weighted by molar-refractivity contribution is -0.343. The average molecular weight is 230 g/mol. The van der Waals surface area contributed by atoms with Gasteiger partial charge in [-0.05, 0) is 28.3 Å². The van der Waals surface area contributed by atoms with E-state index >= 15 is 0 Å². The molecule has 0 aliphatic heterocycles. The van der Waals surface area contributed by atoms with Crippen molar-refractivity contribution in [2.45, 2.75) is 0 Å². The zero-order chi connectivity index (χ0) is 11.9. The second-order valence-electron chi connectivity index (χ2n) is 4.55. The molecule has 1 N–H and O–H groups in total. The molecule has 84 valence electrons. The van der Waals surface area contributed by atoms with Gasteiger partial charge < -0.3 is 0 Å². The number of fused-ring (bicyclic) bond motifs is 6. The van der Waals surface area contributed by atoms with Crippen molar-refractivity contribution < 1.29 is 4.98 Å². The predicted molar refractivity (Wildman–Crippen MR) is 75.5 cm³/mol. The highest BCUT2D eigenvalue weighted by atomic mass is 14.6. The van der Waals surface area contributed by atoms with Gasteiger partial charge in [0, 0.05) is 6.07 Å². The predicted octanol–water partition coefficient (Wildman–Crippen LogP) is 3.96. The lowest BCUT2D eigenvalue weighted by Crippen LogP contribution is -2.02. The topological polar surface area (TPSA) is 14.1 Å². The number of aromatic amines is 1. The van der Waals surface area contributed by atoms with E-state index in [-0.39, 0.29) is 0 Å². The van der Waals surface area contributed by atoms with Crippen molar-refractivity contribution in [3.63, 3.8) is 0 Å². The van der Waals surface area contributed by atoms with Crippen LogP contribution in [0.3, 0.4) is 0 Å². The maximum absolute atomic E-state index is 3.39. The first-order valence-corrected chi connectivity index (χ1v) is 6.15. The Hall–Kier alpha value is -2.41. The lowest BCUT2D eigenvalue weighted by atomic mass is 9.97. The molecule has 0 saturated heterocycles. The van der Waals surface area contributed by atoms with Gasteiger partial charge in [-0.15, -0.1) is 0 Å². The number of aromatic nitrogens is 1. The molecule has 1 heterocycles. The molecule has 0 bridgehead atoms. The summed E-state index contributed by atoms with van der Waals surface area (Å²) in [7, 11) is 0. The van der Waals surface area contributed by atoms with E-state index in [4.69, 9.17) is 0 Å². The number of nitrogens with one attached hydrogen (secondary N) is 1. The van der Waals surface area contributed by atoms with Crippen LogP contribution in [-0.2, 0) is 0 Å². The minimum atomic E-state index is 1.21. The van der Waals surface area contributed by atoms with E-state index in [9.17, 15) is 0 Å². The molecule has 0 fully saturated rings. The summed E-state index contributed by atoms with van der Waals surface area (Å²) in [5, 5.41) is 6.50. The van der Waals surface area contributed by atoms with E-state index in [1.807, 2.05) is 6.20 Å². The maximum Gasteiger partial charge on any atom is 0.219 e. The molecule has 0 aliphatic carbocycles. The van der Waals surface area contributed by atoms with E-state index in [1.165, 1.54) is 32.4 Å². The van der Waals surface area contributed by atoms with Gasteiger partial charge in [0.2, 0.25) is 5.52 Å². The first kappa shape index (κ1) is 9.60. The van der Waals surface area contributed by atoms with E-state index in [2.05, 4.69) is 65.6 Å². The zero-order valence-corrected chi connectivity index (χ0v) is 9.85. The van der Waals surface area contributed by atoms with Crippen LogP contribution < -0.4 is 4.98 Å². The molecular formula is C17H12N+. The molecule has 1 nitrogen and oxygen atoms in total. The molecule has 4 aromatic rings. The van der Waals surface area contributed by atoms with Crippen LogP contribution in [0.1, 0.15) is 0 Å². The Morgan fingerprint density at radius 1 is 0.500 bits per heavy atom. The monoisotopic (exact) mass is 230 g/mol. The molecule has 0 spiro atoms. The summed E-state index contributed by atoms with van der Waals surface area (Å²) >= 11 is 0. The Labute approximate surface area is 105 Å². The van der Waals surface area contributed by atoms with Gasteiger partial charge in [-0.3, -0.25) is 0 Å². The normalized spacial score (nSPS) is 11.3. The fraction of sp³-hybridized carbons (Fsp3) is 0. The van der Waals surface area contributed by atoms with Crippen molar-refractivity contribution in [3.05, 3.63) is 66.9 Å². The standard InChI is InChI=1S/C17H11N/c1-2-7-14-12(6-1)13-8-3-4-9-15(13)17-16(14)10-5-11-18-17/h1-11H/p+1. The Bertz CT molecular complexity index is 657. The van der Waals surface area contributed by atoms with Gasteiger partial charge in [0.1, 0.15) is 0 Å². The fourth-order valence-corrected chi connectivity index (χ4v) is 2.77. The minimum absolute atomic E-state index is 1.21. The summed E-state index contributed by atoms with van der Waals surface area (Å²) < 4.78 is 0. The number of pyridine rings is 1. The molecule has 1 aromatic heterocycles. The third-order valence-corrected chi connectivity index (χ3v) is 3.56. The van der Waals surface area contributed by atoms with E-state index in [0.717, 1.165) is 0 Å². The Balaban J connectivity index is 2.46. The van der Waals surface area contributed by atoms with Gasteiger partial charge in [0.15, 0.2) is 6.20 Å². The second kappa shape index (κ2) is 3.54. The summed E-state index contributed by atoms with van der Waals surface area (Å²) in [4.78, 5) is 3.39. The van der Waals surface area contributed by atoms with Crippen LogP contribution in [0.4, 0.5) is 0 Å². The quantitative estimate of drug-likeness (QED) is 0.406. The van der Waals surface area contributed by atoms with Crippen LogP contribution in [0.15, 0.2) is 66.9 Å². The highest BCUT2D eigenvalue weighted by molar-refractivity contribution is 6.23. The Morgan fingerprint density at radius 3 is 1.56 bits per heavy atom. The van der Waals surface area contributed by atoms with E-state index in [1.54, 1.807) is 0 Å². The number of hydrogen-bond acceptors (Lipinski definition) is 0. The van der Waals surface area contributed by atoms with Crippen LogP contribution in [0.25, 0.3) is 32.4 Å². The molecule has 18 heavy (non-hydrogen) atoms. The van der Waals surface area contributed by atoms with Crippen molar-refractivity contribution >= 4 is 32.4 Å². The van der Waals surface area contributed by atoms with E-state index in [0.29, 0.717) is 0 Å². The summed E-state index contributed by atoms with van der Waals surface area (Å²) in [5.74, 6) is 0. The van der Waals surface area contributed by atoms with Crippen molar-refractivity contribution in [2.75, 3.05) is 0 Å². The van der Waals surface area contributed by atoms with Crippen molar-refractivity contribution in [1.29, 1.82) is 0 Å². The SMILES string of the molecule is c1ccc2c(c1)c1ccccc1c1[nH+]cccc21. The highest BCUT2D eigenvalue weighted by Gasteiger charge is 2.11. The largest absolute Gasteiger partial charge is 0.219 e. The van der Waals surface area contributed by atoms with Crippen LogP contribution in [0, 0.1) is 0 Å². The van der Waals surface area contributed by atoms with Gasteiger partial charge in [0.25, 0.3) is 0 Å². The van der Waals surface area contributed by atoms with Crippen LogP contribution in [0.5, 0.6) is 0 Å². The van der Waals surface area contributed by atoms with Crippen molar-refractivity contribution in [2.24, 2.45) is 0 Å². The molecule has 4 rings (SSSR count). The first-order valence-electron chi connectivity index (χ1n) is 6.15. The van der Waals surface area contributed by atoms with Crippen LogP contribution >= 0.6 is 0 Å². The number of H-pyrrole nitrogens is 1. The van der Waals surface area contributed by atoms with Crippen LogP contribution in [0.2, 0.25) is 0 Å². The maximum atomic E-state index is 3.39. The van der Waals surface area contributed by atoms with Gasteiger partial charge in [-0.2, -0.15) is 0 Å². The van der Waals surface area contributed by atoms with Gasteiger partial charge >= 0.3 is 0 Å². The van der Waals surface area contributed by atoms with Crippen molar-refractivity contribution in [1.82, 2.24) is 0 Å². The molecule has 1 heteroatoms. The summed E-state index contributed by atoms with van der Waals surface area (Å²) in [6.45, 7) is 0. The summed E-state index contributed by atoms with van der Waals surface area (Å²) in [5.41, 5.74) is 1.21. The van der Waals surface area contributed by atoms with Crippen molar-refractivity contribution in [3.8, 4) is 0 Å². The molecule has 0 aliphatic rings. The third kappa shape index (κ3) is 1.19. The van der Waals surface area contributed by atoms with Gasteiger partial charge in [0.05, 0.1) is 10.8 Å². The summed E-state index contributed by atoms with van der Waals surface area (Å²) in [6, 6.07) is 21.4. The smallest absolute Gasteiger partial charge is 0.211 e. The third-order valence-electron chi connectivity index (χ3n) is 3.56. The molecule has 0 saturated carbocycles. The Kier molecular flexibility index (Phi) is 1.89. The summed E-state index contributed by atoms with van der Waals surface area (Å²) in [6.07, 6.45) is 1.99. The molecule has 0 atom stereocenters. The Morgan fingerprint density at radius 2 is 0.944 bits per heavy atom. The molecular weight excluding hydrogens is 218 g/mol. The fourth-order valence-electron chi connectivity index (χ4n) is 2.77. The average Bonchev–Trinajstić information content (AvgIpc) is 2.48. The van der Waals surface area contributed by atoms with Crippen LogP contribution in [-0.4, -0.2) is 0 Å². The highest BCUT2D eigenvalue weighted by Crippen LogP contribution is 2.32. The van der Waals surface area contributed by atoms with E-state index < -0.39 is 0 Å². The molecule has 0 unspecified atom stereocenters. The molecule has 0 radical (unpaired) electrons. The van der Waals surface area contributed by atoms with Gasteiger partial charge in [-0.25, -0.2) is 4.98 Å². The first-order chi connectivity index (χ1) is 8.95. The molecule has 0 amide bonds. The molecule has 3 aromatic carbocycles. The number of hydrogen-bond donors (Lipinski definition) is 0. The minimum Gasteiger partial charge on any atom is -0.211 e. The number of benzene rings is 3.